The van der Waals surface area contributed by atoms with E-state index in [9.17, 15) is 4.79 Å². The normalized spacial score (nSPS) is 17.3. The summed E-state index contributed by atoms with van der Waals surface area (Å²) in [6, 6.07) is 10.3. The second kappa shape index (κ2) is 8.98. The standard InChI is InChI=1S/C16H19N3O2S.ClH/c20-15(9-13-11-21-7-6-17-13)19-16-18-10-14(22-16)8-12-4-2-1-3-5-12;/h1-5,10,13,17H,6-9,11H2,(H,18,19,20);1H. The molecule has 0 spiro atoms. The van der Waals surface area contributed by atoms with Gasteiger partial charge in [-0.15, -0.1) is 23.7 Å². The molecule has 0 radical (unpaired) electrons. The van der Waals surface area contributed by atoms with Crippen molar-refractivity contribution in [1.29, 1.82) is 0 Å². The van der Waals surface area contributed by atoms with Gasteiger partial charge in [0.05, 0.1) is 13.2 Å². The SMILES string of the molecule is Cl.O=C(CC1COCCN1)Nc1ncc(Cc2ccccc2)s1. The number of hydrogen-bond acceptors (Lipinski definition) is 5. The summed E-state index contributed by atoms with van der Waals surface area (Å²) in [6.07, 6.45) is 3.08. The summed E-state index contributed by atoms with van der Waals surface area (Å²) in [4.78, 5) is 17.4. The van der Waals surface area contributed by atoms with Crippen LogP contribution < -0.4 is 10.6 Å². The van der Waals surface area contributed by atoms with Crippen LogP contribution >= 0.6 is 23.7 Å². The van der Waals surface area contributed by atoms with Gasteiger partial charge in [-0.25, -0.2) is 4.98 Å². The molecule has 1 aliphatic heterocycles. The van der Waals surface area contributed by atoms with Gasteiger partial charge in [0, 0.05) is 36.5 Å². The largest absolute Gasteiger partial charge is 0.378 e. The number of nitrogens with zero attached hydrogens (tertiary/aromatic N) is 1. The Morgan fingerprint density at radius 1 is 1.39 bits per heavy atom. The van der Waals surface area contributed by atoms with Gasteiger partial charge in [0.25, 0.3) is 0 Å². The maximum Gasteiger partial charge on any atom is 0.227 e. The fourth-order valence-electron chi connectivity index (χ4n) is 2.39. The molecule has 1 aliphatic rings. The molecule has 1 fully saturated rings. The van der Waals surface area contributed by atoms with E-state index in [0.29, 0.717) is 24.8 Å². The third-order valence-electron chi connectivity index (χ3n) is 3.45. The van der Waals surface area contributed by atoms with Crippen LogP contribution in [0.4, 0.5) is 5.13 Å². The Bertz CT molecular complexity index is 615. The van der Waals surface area contributed by atoms with Crippen molar-refractivity contribution < 1.29 is 9.53 Å². The number of carbonyl (C=O) groups excluding carboxylic acids is 1. The number of rotatable bonds is 5. The first-order valence-electron chi connectivity index (χ1n) is 7.39. The highest BCUT2D eigenvalue weighted by molar-refractivity contribution is 7.15. The number of morpholine rings is 1. The van der Waals surface area contributed by atoms with E-state index < -0.39 is 0 Å². The predicted molar refractivity (Wildman–Crippen MR) is 94.5 cm³/mol. The minimum Gasteiger partial charge on any atom is -0.378 e. The van der Waals surface area contributed by atoms with E-state index in [1.807, 2.05) is 24.4 Å². The molecule has 1 aromatic carbocycles. The number of thiazole rings is 1. The molecule has 0 saturated carbocycles. The van der Waals surface area contributed by atoms with Crippen molar-refractivity contribution in [2.45, 2.75) is 18.9 Å². The van der Waals surface area contributed by atoms with Crippen LogP contribution in [-0.4, -0.2) is 36.7 Å². The fraction of sp³-hybridized carbons (Fsp3) is 0.375. The number of benzene rings is 1. The number of carbonyl (C=O) groups is 1. The quantitative estimate of drug-likeness (QED) is 0.866. The van der Waals surface area contributed by atoms with Crippen LogP contribution in [0.25, 0.3) is 0 Å². The van der Waals surface area contributed by atoms with Gasteiger partial charge in [0.1, 0.15) is 0 Å². The van der Waals surface area contributed by atoms with Crippen LogP contribution in [0.15, 0.2) is 36.5 Å². The Balaban J connectivity index is 0.00000192. The van der Waals surface area contributed by atoms with Gasteiger partial charge < -0.3 is 15.4 Å². The van der Waals surface area contributed by atoms with Gasteiger partial charge in [0.2, 0.25) is 5.91 Å². The Hall–Kier alpha value is -1.47. The number of anilines is 1. The smallest absolute Gasteiger partial charge is 0.227 e. The van der Waals surface area contributed by atoms with Crippen molar-refractivity contribution in [3.8, 4) is 0 Å². The lowest BCUT2D eigenvalue weighted by Crippen LogP contribution is -2.43. The van der Waals surface area contributed by atoms with Crippen molar-refractivity contribution in [2.75, 3.05) is 25.1 Å². The maximum absolute atomic E-state index is 12.0. The molecule has 1 saturated heterocycles. The van der Waals surface area contributed by atoms with Crippen molar-refractivity contribution >= 4 is 34.8 Å². The first-order valence-corrected chi connectivity index (χ1v) is 8.21. The van der Waals surface area contributed by atoms with E-state index >= 15 is 0 Å². The molecular formula is C16H20ClN3O2S. The number of aromatic nitrogens is 1. The zero-order valence-electron chi connectivity index (χ0n) is 12.7. The van der Waals surface area contributed by atoms with Crippen LogP contribution in [0.2, 0.25) is 0 Å². The fourth-order valence-corrected chi connectivity index (χ4v) is 3.25. The molecule has 124 valence electrons. The molecule has 0 bridgehead atoms. The van der Waals surface area contributed by atoms with Gasteiger partial charge in [-0.1, -0.05) is 30.3 Å². The highest BCUT2D eigenvalue weighted by atomic mass is 35.5. The second-order valence-corrected chi connectivity index (χ2v) is 6.39. The summed E-state index contributed by atoms with van der Waals surface area (Å²) in [7, 11) is 0. The molecule has 2 aromatic rings. The molecule has 23 heavy (non-hydrogen) atoms. The Morgan fingerprint density at radius 2 is 2.22 bits per heavy atom. The lowest BCUT2D eigenvalue weighted by atomic mass is 10.1. The molecule has 1 unspecified atom stereocenters. The van der Waals surface area contributed by atoms with E-state index in [2.05, 4.69) is 27.8 Å². The van der Waals surface area contributed by atoms with E-state index in [-0.39, 0.29) is 24.4 Å². The number of amides is 1. The summed E-state index contributed by atoms with van der Waals surface area (Å²) in [5.41, 5.74) is 1.24. The van der Waals surface area contributed by atoms with Gasteiger partial charge >= 0.3 is 0 Å². The van der Waals surface area contributed by atoms with E-state index in [1.54, 1.807) is 0 Å². The van der Waals surface area contributed by atoms with Crippen LogP contribution in [0.3, 0.4) is 0 Å². The lowest BCUT2D eigenvalue weighted by Gasteiger charge is -2.22. The zero-order chi connectivity index (χ0) is 15.2. The van der Waals surface area contributed by atoms with Gasteiger partial charge in [-0.05, 0) is 5.56 Å². The minimum absolute atomic E-state index is 0. The summed E-state index contributed by atoms with van der Waals surface area (Å²) >= 11 is 1.52. The Labute approximate surface area is 145 Å². The molecule has 3 rings (SSSR count). The van der Waals surface area contributed by atoms with Crippen molar-refractivity contribution in [3.05, 3.63) is 47.0 Å². The Morgan fingerprint density at radius 3 is 2.96 bits per heavy atom. The third kappa shape index (κ3) is 5.58. The van der Waals surface area contributed by atoms with E-state index in [4.69, 9.17) is 4.74 Å². The molecule has 5 nitrogen and oxygen atoms in total. The molecule has 0 aliphatic carbocycles. The molecule has 1 amide bonds. The van der Waals surface area contributed by atoms with E-state index in [1.165, 1.54) is 16.9 Å². The lowest BCUT2D eigenvalue weighted by molar-refractivity contribution is -0.117. The van der Waals surface area contributed by atoms with Crippen molar-refractivity contribution in [2.24, 2.45) is 0 Å². The minimum atomic E-state index is -0.0244. The predicted octanol–water partition coefficient (Wildman–Crippen LogP) is 2.47. The zero-order valence-corrected chi connectivity index (χ0v) is 14.3. The van der Waals surface area contributed by atoms with Crippen LogP contribution in [0.1, 0.15) is 16.9 Å². The van der Waals surface area contributed by atoms with Crippen LogP contribution in [0.5, 0.6) is 0 Å². The monoisotopic (exact) mass is 353 g/mol. The van der Waals surface area contributed by atoms with Crippen LogP contribution in [-0.2, 0) is 16.0 Å². The summed E-state index contributed by atoms with van der Waals surface area (Å²) < 4.78 is 5.35. The summed E-state index contributed by atoms with van der Waals surface area (Å²) in [5.74, 6) is -0.0244. The topological polar surface area (TPSA) is 63.2 Å². The number of nitrogens with one attached hydrogen (secondary N) is 2. The highest BCUT2D eigenvalue weighted by Gasteiger charge is 2.17. The average molecular weight is 354 g/mol. The van der Waals surface area contributed by atoms with E-state index in [0.717, 1.165) is 17.8 Å². The van der Waals surface area contributed by atoms with Crippen LogP contribution in [0, 0.1) is 0 Å². The summed E-state index contributed by atoms with van der Waals surface area (Å²) in [6.45, 7) is 2.11. The van der Waals surface area contributed by atoms with Crippen molar-refractivity contribution in [1.82, 2.24) is 10.3 Å². The van der Waals surface area contributed by atoms with Gasteiger partial charge in [-0.3, -0.25) is 4.79 Å². The van der Waals surface area contributed by atoms with Gasteiger partial charge in [0.15, 0.2) is 5.13 Å². The molecule has 2 heterocycles. The number of ether oxygens (including phenoxy) is 1. The maximum atomic E-state index is 12.0. The third-order valence-corrected chi connectivity index (χ3v) is 4.36. The molecule has 2 N–H and O–H groups in total. The second-order valence-electron chi connectivity index (χ2n) is 5.27. The average Bonchev–Trinajstić information content (AvgIpc) is 2.96. The van der Waals surface area contributed by atoms with Gasteiger partial charge in [-0.2, -0.15) is 0 Å². The highest BCUT2D eigenvalue weighted by Crippen LogP contribution is 2.21. The first kappa shape index (κ1) is 17.9. The Kier molecular flexibility index (Phi) is 6.98. The number of halogens is 1. The van der Waals surface area contributed by atoms with Crippen molar-refractivity contribution in [3.63, 3.8) is 0 Å². The molecule has 1 atom stereocenters. The number of hydrogen-bond donors (Lipinski definition) is 2. The first-order chi connectivity index (χ1) is 10.8. The molecule has 7 heteroatoms. The molecular weight excluding hydrogens is 334 g/mol. The summed E-state index contributed by atoms with van der Waals surface area (Å²) in [5, 5.41) is 6.80. The molecule has 1 aromatic heterocycles.